The van der Waals surface area contributed by atoms with Crippen molar-refractivity contribution < 1.29 is 0 Å². The molecule has 0 saturated carbocycles. The maximum atomic E-state index is 6.06. The Kier molecular flexibility index (Phi) is 6.91. The minimum absolute atomic E-state index is 0.646. The molecule has 1 heterocycles. The van der Waals surface area contributed by atoms with Crippen molar-refractivity contribution in [2.45, 2.75) is 57.4 Å². The first-order valence-corrected chi connectivity index (χ1v) is 9.48. The van der Waals surface area contributed by atoms with E-state index >= 15 is 0 Å². The van der Waals surface area contributed by atoms with Crippen molar-refractivity contribution in [2.24, 2.45) is 11.7 Å². The lowest BCUT2D eigenvalue weighted by Gasteiger charge is -2.26. The van der Waals surface area contributed by atoms with Gasteiger partial charge in [0.2, 0.25) is 0 Å². The van der Waals surface area contributed by atoms with Crippen molar-refractivity contribution in [3.63, 3.8) is 0 Å². The standard InChI is InChI=1S/C18H30N2S/c1-3-7-15-8-6-12-20(13-11-15)17-9-5-10-18(21-4-2)16(17)14-19/h5,9-10,15H,3-4,6-8,11-14,19H2,1-2H3. The highest BCUT2D eigenvalue weighted by Gasteiger charge is 2.19. The molecule has 1 unspecified atom stereocenters. The molecule has 1 fully saturated rings. The second-order valence-corrected chi connectivity index (χ2v) is 7.27. The first-order valence-electron chi connectivity index (χ1n) is 8.49. The summed E-state index contributed by atoms with van der Waals surface area (Å²) in [6.45, 7) is 7.54. The van der Waals surface area contributed by atoms with Gasteiger partial charge in [0.1, 0.15) is 0 Å². The van der Waals surface area contributed by atoms with E-state index in [9.17, 15) is 0 Å². The number of nitrogens with two attached hydrogens (primary N) is 1. The van der Waals surface area contributed by atoms with Crippen molar-refractivity contribution in [3.05, 3.63) is 23.8 Å². The van der Waals surface area contributed by atoms with Crippen LogP contribution in [0.15, 0.2) is 23.1 Å². The molecule has 0 bridgehead atoms. The van der Waals surface area contributed by atoms with Crippen LogP contribution in [0.5, 0.6) is 0 Å². The fraction of sp³-hybridized carbons (Fsp3) is 0.667. The van der Waals surface area contributed by atoms with Crippen LogP contribution in [0.3, 0.4) is 0 Å². The molecule has 3 heteroatoms. The van der Waals surface area contributed by atoms with Crippen LogP contribution in [0.1, 0.15) is 51.5 Å². The molecular formula is C18H30N2S. The zero-order chi connectivity index (χ0) is 15.1. The van der Waals surface area contributed by atoms with Gasteiger partial charge < -0.3 is 10.6 Å². The number of rotatable bonds is 6. The van der Waals surface area contributed by atoms with Gasteiger partial charge in [0, 0.05) is 35.8 Å². The molecule has 1 aromatic carbocycles. The van der Waals surface area contributed by atoms with Gasteiger partial charge in [0.05, 0.1) is 0 Å². The second-order valence-electron chi connectivity index (χ2n) is 5.96. The minimum Gasteiger partial charge on any atom is -0.371 e. The summed E-state index contributed by atoms with van der Waals surface area (Å²) in [6, 6.07) is 6.68. The topological polar surface area (TPSA) is 29.3 Å². The molecule has 0 aromatic heterocycles. The van der Waals surface area contributed by atoms with Crippen LogP contribution in [0.4, 0.5) is 5.69 Å². The Morgan fingerprint density at radius 1 is 1.24 bits per heavy atom. The zero-order valence-electron chi connectivity index (χ0n) is 13.6. The first-order chi connectivity index (χ1) is 10.3. The van der Waals surface area contributed by atoms with Gasteiger partial charge in [-0.3, -0.25) is 0 Å². The number of nitrogens with zero attached hydrogens (tertiary/aromatic N) is 1. The summed E-state index contributed by atoms with van der Waals surface area (Å²) >= 11 is 1.91. The molecule has 0 spiro atoms. The summed E-state index contributed by atoms with van der Waals surface area (Å²) in [6.07, 6.45) is 6.76. The normalized spacial score (nSPS) is 19.6. The lowest BCUT2D eigenvalue weighted by Crippen LogP contribution is -2.26. The van der Waals surface area contributed by atoms with Crippen molar-refractivity contribution in [1.29, 1.82) is 0 Å². The van der Waals surface area contributed by atoms with E-state index in [1.54, 1.807) is 0 Å². The molecule has 0 radical (unpaired) electrons. The minimum atomic E-state index is 0.646. The lowest BCUT2D eigenvalue weighted by atomic mass is 9.96. The molecule has 2 nitrogen and oxygen atoms in total. The van der Waals surface area contributed by atoms with Crippen LogP contribution < -0.4 is 10.6 Å². The van der Waals surface area contributed by atoms with E-state index < -0.39 is 0 Å². The SMILES string of the molecule is CCCC1CCCN(c2cccc(SCC)c2CN)CC1. The van der Waals surface area contributed by atoms with Crippen LogP contribution in [-0.2, 0) is 6.54 Å². The lowest BCUT2D eigenvalue weighted by molar-refractivity contribution is 0.435. The monoisotopic (exact) mass is 306 g/mol. The van der Waals surface area contributed by atoms with Gasteiger partial charge in [-0.15, -0.1) is 11.8 Å². The summed E-state index contributed by atoms with van der Waals surface area (Å²) in [4.78, 5) is 3.95. The Bertz CT molecular complexity index is 433. The molecule has 2 rings (SSSR count). The number of thioether (sulfide) groups is 1. The van der Waals surface area contributed by atoms with E-state index in [2.05, 4.69) is 36.9 Å². The third-order valence-electron chi connectivity index (χ3n) is 4.50. The predicted octanol–water partition coefficient (Wildman–Crippen LogP) is 4.66. The van der Waals surface area contributed by atoms with Gasteiger partial charge in [-0.05, 0) is 43.1 Å². The maximum Gasteiger partial charge on any atom is 0.0423 e. The molecule has 21 heavy (non-hydrogen) atoms. The van der Waals surface area contributed by atoms with E-state index in [0.717, 1.165) is 11.7 Å². The molecule has 1 atom stereocenters. The van der Waals surface area contributed by atoms with Gasteiger partial charge in [-0.25, -0.2) is 0 Å². The van der Waals surface area contributed by atoms with E-state index in [1.165, 1.54) is 61.3 Å². The summed E-state index contributed by atoms with van der Waals surface area (Å²) in [5.74, 6) is 2.03. The fourth-order valence-corrected chi connectivity index (χ4v) is 4.30. The summed E-state index contributed by atoms with van der Waals surface area (Å²) in [5.41, 5.74) is 8.79. The van der Waals surface area contributed by atoms with Crippen LogP contribution in [0.2, 0.25) is 0 Å². The average molecular weight is 307 g/mol. The molecule has 118 valence electrons. The highest BCUT2D eigenvalue weighted by Crippen LogP contribution is 2.33. The number of anilines is 1. The Morgan fingerprint density at radius 2 is 2.10 bits per heavy atom. The number of hydrogen-bond acceptors (Lipinski definition) is 3. The average Bonchev–Trinajstić information content (AvgIpc) is 2.73. The molecular weight excluding hydrogens is 276 g/mol. The maximum absolute atomic E-state index is 6.06. The molecule has 1 aromatic rings. The van der Waals surface area contributed by atoms with Gasteiger partial charge in [-0.1, -0.05) is 32.8 Å². The van der Waals surface area contributed by atoms with Gasteiger partial charge in [-0.2, -0.15) is 0 Å². The Labute approximate surface area is 134 Å². The van der Waals surface area contributed by atoms with Gasteiger partial charge in [0.15, 0.2) is 0 Å². The third kappa shape index (κ3) is 4.40. The highest BCUT2D eigenvalue weighted by molar-refractivity contribution is 7.99. The molecule has 1 aliphatic heterocycles. The largest absolute Gasteiger partial charge is 0.371 e. The highest BCUT2D eigenvalue weighted by atomic mass is 32.2. The molecule has 1 saturated heterocycles. The van der Waals surface area contributed by atoms with Gasteiger partial charge >= 0.3 is 0 Å². The zero-order valence-corrected chi connectivity index (χ0v) is 14.4. The fourth-order valence-electron chi connectivity index (χ4n) is 3.45. The summed E-state index contributed by atoms with van der Waals surface area (Å²) in [5, 5.41) is 0. The summed E-state index contributed by atoms with van der Waals surface area (Å²) in [7, 11) is 0. The van der Waals surface area contributed by atoms with E-state index in [-0.39, 0.29) is 0 Å². The molecule has 2 N–H and O–H groups in total. The van der Waals surface area contributed by atoms with Crippen LogP contribution in [0.25, 0.3) is 0 Å². The van der Waals surface area contributed by atoms with Crippen molar-refractivity contribution >= 4 is 17.4 Å². The molecule has 0 aliphatic carbocycles. The number of benzene rings is 1. The molecule has 1 aliphatic rings. The van der Waals surface area contributed by atoms with E-state index in [1.807, 2.05) is 11.8 Å². The Balaban J connectivity index is 2.15. The van der Waals surface area contributed by atoms with Crippen molar-refractivity contribution in [3.8, 4) is 0 Å². The number of hydrogen-bond donors (Lipinski definition) is 1. The first kappa shape index (κ1) is 16.7. The van der Waals surface area contributed by atoms with Crippen LogP contribution in [0, 0.1) is 5.92 Å². The van der Waals surface area contributed by atoms with Crippen LogP contribution >= 0.6 is 11.8 Å². The molecule has 0 amide bonds. The second kappa shape index (κ2) is 8.70. The Hall–Kier alpha value is -0.670. The predicted molar refractivity (Wildman–Crippen MR) is 95.2 cm³/mol. The van der Waals surface area contributed by atoms with Crippen molar-refractivity contribution in [1.82, 2.24) is 0 Å². The smallest absolute Gasteiger partial charge is 0.0423 e. The summed E-state index contributed by atoms with van der Waals surface area (Å²) < 4.78 is 0. The quantitative estimate of drug-likeness (QED) is 0.775. The van der Waals surface area contributed by atoms with Crippen LogP contribution in [-0.4, -0.2) is 18.8 Å². The van der Waals surface area contributed by atoms with Gasteiger partial charge in [0.25, 0.3) is 0 Å². The van der Waals surface area contributed by atoms with E-state index in [4.69, 9.17) is 5.73 Å². The third-order valence-corrected chi connectivity index (χ3v) is 5.48. The van der Waals surface area contributed by atoms with Crippen molar-refractivity contribution in [2.75, 3.05) is 23.7 Å². The Morgan fingerprint density at radius 3 is 2.81 bits per heavy atom. The van der Waals surface area contributed by atoms with E-state index in [0.29, 0.717) is 6.54 Å².